The number of nitrogens with one attached hydrogen (secondary N) is 1. The molecule has 21 heavy (non-hydrogen) atoms. The number of allylic oxidation sites excluding steroid dienone is 1. The summed E-state index contributed by atoms with van der Waals surface area (Å²) in [5.74, 6) is 0.822. The Morgan fingerprint density at radius 2 is 2.43 bits per heavy atom. The number of carbonyl (C=O) groups excluding carboxylic acids is 1. The number of rotatable bonds is 7. The van der Waals surface area contributed by atoms with Crippen LogP contribution >= 0.6 is 23.1 Å². The van der Waals surface area contributed by atoms with E-state index >= 15 is 0 Å². The first-order chi connectivity index (χ1) is 10.1. The Labute approximate surface area is 132 Å². The van der Waals surface area contributed by atoms with Crippen molar-refractivity contribution in [1.29, 1.82) is 0 Å². The van der Waals surface area contributed by atoms with Crippen LogP contribution in [0, 0.1) is 6.92 Å². The predicted octanol–water partition coefficient (Wildman–Crippen LogP) is 2.63. The number of nitrogens with zero attached hydrogens (tertiary/aromatic N) is 3. The first kappa shape index (κ1) is 15.8. The minimum absolute atomic E-state index is 0.000735. The van der Waals surface area contributed by atoms with Crippen LogP contribution in [0.25, 0.3) is 0 Å². The quantitative estimate of drug-likeness (QED) is 0.629. The largest absolute Gasteiger partial charge is 0.350 e. The van der Waals surface area contributed by atoms with Gasteiger partial charge in [0.05, 0.1) is 11.8 Å². The number of hydrogen-bond donors (Lipinski definition) is 1. The van der Waals surface area contributed by atoms with Crippen LogP contribution in [-0.4, -0.2) is 25.9 Å². The fourth-order valence-corrected chi connectivity index (χ4v) is 3.30. The van der Waals surface area contributed by atoms with E-state index in [0.29, 0.717) is 13.1 Å². The zero-order valence-electron chi connectivity index (χ0n) is 12.1. The summed E-state index contributed by atoms with van der Waals surface area (Å²) < 4.78 is 1.95. The summed E-state index contributed by atoms with van der Waals surface area (Å²) in [6, 6.07) is 3.98. The van der Waals surface area contributed by atoms with Crippen molar-refractivity contribution in [2.75, 3.05) is 0 Å². The van der Waals surface area contributed by atoms with Crippen LogP contribution in [0.5, 0.6) is 0 Å². The molecule has 2 aromatic rings. The van der Waals surface area contributed by atoms with Crippen LogP contribution < -0.4 is 5.32 Å². The SMILES string of the molecule is C=CCn1c(C)nnc1SC(C)C(=O)NCc1cccs1. The molecule has 112 valence electrons. The summed E-state index contributed by atoms with van der Waals surface area (Å²) in [6.07, 6.45) is 1.79. The minimum atomic E-state index is -0.225. The number of carbonyl (C=O) groups is 1. The maximum absolute atomic E-state index is 12.1. The third kappa shape index (κ3) is 4.18. The summed E-state index contributed by atoms with van der Waals surface area (Å²) >= 11 is 3.04. The van der Waals surface area contributed by atoms with Crippen molar-refractivity contribution in [3.8, 4) is 0 Å². The predicted molar refractivity (Wildman–Crippen MR) is 86.4 cm³/mol. The lowest BCUT2D eigenvalue weighted by Crippen LogP contribution is -2.30. The first-order valence-corrected chi connectivity index (χ1v) is 8.35. The van der Waals surface area contributed by atoms with Crippen molar-refractivity contribution in [3.63, 3.8) is 0 Å². The van der Waals surface area contributed by atoms with Gasteiger partial charge < -0.3 is 9.88 Å². The van der Waals surface area contributed by atoms with Crippen LogP contribution in [0.15, 0.2) is 35.3 Å². The van der Waals surface area contributed by atoms with Crippen LogP contribution in [-0.2, 0) is 17.9 Å². The Morgan fingerprint density at radius 1 is 1.62 bits per heavy atom. The van der Waals surface area contributed by atoms with E-state index in [2.05, 4.69) is 22.1 Å². The molecule has 0 aliphatic carbocycles. The van der Waals surface area contributed by atoms with Crippen molar-refractivity contribution in [2.45, 2.75) is 37.3 Å². The van der Waals surface area contributed by atoms with Gasteiger partial charge in [-0.25, -0.2) is 0 Å². The fraction of sp³-hybridized carbons (Fsp3) is 0.357. The molecule has 1 unspecified atom stereocenters. The van der Waals surface area contributed by atoms with Crippen LogP contribution in [0.2, 0.25) is 0 Å². The number of thioether (sulfide) groups is 1. The van der Waals surface area contributed by atoms with Crippen molar-refractivity contribution in [2.24, 2.45) is 0 Å². The van der Waals surface area contributed by atoms with E-state index in [4.69, 9.17) is 0 Å². The third-order valence-corrected chi connectivity index (χ3v) is 4.84. The topological polar surface area (TPSA) is 59.8 Å². The van der Waals surface area contributed by atoms with Crippen molar-refractivity contribution < 1.29 is 4.79 Å². The average Bonchev–Trinajstić information content (AvgIpc) is 3.09. The molecule has 0 aliphatic rings. The molecule has 1 amide bonds. The zero-order chi connectivity index (χ0) is 15.2. The summed E-state index contributed by atoms with van der Waals surface area (Å²) in [6.45, 7) is 8.70. The van der Waals surface area contributed by atoms with Gasteiger partial charge in [-0.2, -0.15) is 0 Å². The van der Waals surface area contributed by atoms with Crippen LogP contribution in [0.1, 0.15) is 17.6 Å². The van der Waals surface area contributed by atoms with Gasteiger partial charge >= 0.3 is 0 Å². The van der Waals surface area contributed by atoms with Gasteiger partial charge in [-0.1, -0.05) is 23.9 Å². The fourth-order valence-electron chi connectivity index (χ4n) is 1.73. The van der Waals surface area contributed by atoms with Crippen molar-refractivity contribution >= 4 is 29.0 Å². The minimum Gasteiger partial charge on any atom is -0.350 e. The second-order valence-electron chi connectivity index (χ2n) is 4.49. The molecule has 1 atom stereocenters. The van der Waals surface area contributed by atoms with E-state index in [0.717, 1.165) is 15.9 Å². The van der Waals surface area contributed by atoms with Crippen LogP contribution in [0.4, 0.5) is 0 Å². The number of amides is 1. The van der Waals surface area contributed by atoms with Gasteiger partial charge in [0.25, 0.3) is 0 Å². The first-order valence-electron chi connectivity index (χ1n) is 6.59. The van der Waals surface area contributed by atoms with Gasteiger partial charge in [0.2, 0.25) is 5.91 Å². The molecular formula is C14H18N4OS2. The van der Waals surface area contributed by atoms with Gasteiger partial charge in [0.15, 0.2) is 5.16 Å². The highest BCUT2D eigenvalue weighted by Gasteiger charge is 2.18. The lowest BCUT2D eigenvalue weighted by atomic mass is 10.4. The standard InChI is InChI=1S/C14H18N4OS2/c1-4-7-18-11(3)16-17-14(18)21-10(2)13(19)15-9-12-6-5-8-20-12/h4-6,8,10H,1,7,9H2,2-3H3,(H,15,19). The molecule has 0 bridgehead atoms. The highest BCUT2D eigenvalue weighted by molar-refractivity contribution is 8.00. The normalized spacial score (nSPS) is 12.1. The molecule has 0 radical (unpaired) electrons. The molecule has 2 rings (SSSR count). The van der Waals surface area contributed by atoms with Crippen LogP contribution in [0.3, 0.4) is 0 Å². The second kappa shape index (κ2) is 7.42. The molecule has 7 heteroatoms. The highest BCUT2D eigenvalue weighted by Crippen LogP contribution is 2.22. The number of hydrogen-bond acceptors (Lipinski definition) is 5. The van der Waals surface area contributed by atoms with Gasteiger partial charge in [-0.3, -0.25) is 4.79 Å². The number of aromatic nitrogens is 3. The summed E-state index contributed by atoms with van der Waals surface area (Å²) in [4.78, 5) is 13.3. The molecule has 0 fully saturated rings. The van der Waals surface area contributed by atoms with Gasteiger partial charge in [-0.05, 0) is 25.3 Å². The molecule has 5 nitrogen and oxygen atoms in total. The molecule has 0 aliphatic heterocycles. The van der Waals surface area contributed by atoms with E-state index in [1.807, 2.05) is 35.9 Å². The summed E-state index contributed by atoms with van der Waals surface area (Å²) in [5, 5.41) is 13.6. The smallest absolute Gasteiger partial charge is 0.233 e. The molecule has 0 saturated carbocycles. The molecule has 0 spiro atoms. The Hall–Kier alpha value is -1.60. The summed E-state index contributed by atoms with van der Waals surface area (Å²) in [7, 11) is 0. The lowest BCUT2D eigenvalue weighted by Gasteiger charge is -2.11. The highest BCUT2D eigenvalue weighted by atomic mass is 32.2. The van der Waals surface area contributed by atoms with Gasteiger partial charge in [0.1, 0.15) is 5.82 Å². The summed E-state index contributed by atoms with van der Waals surface area (Å²) in [5.41, 5.74) is 0. The molecule has 2 aromatic heterocycles. The monoisotopic (exact) mass is 322 g/mol. The zero-order valence-corrected chi connectivity index (χ0v) is 13.7. The Bertz CT molecular complexity index is 607. The molecular weight excluding hydrogens is 304 g/mol. The lowest BCUT2D eigenvalue weighted by molar-refractivity contribution is -0.120. The Kier molecular flexibility index (Phi) is 5.58. The number of aryl methyl sites for hydroxylation is 1. The maximum atomic E-state index is 12.1. The molecule has 0 aromatic carbocycles. The van der Waals surface area contributed by atoms with E-state index in [-0.39, 0.29) is 11.2 Å². The second-order valence-corrected chi connectivity index (χ2v) is 6.83. The average molecular weight is 322 g/mol. The van der Waals surface area contributed by atoms with E-state index in [9.17, 15) is 4.79 Å². The van der Waals surface area contributed by atoms with Crippen molar-refractivity contribution in [3.05, 3.63) is 40.9 Å². The molecule has 0 saturated heterocycles. The van der Waals surface area contributed by atoms with E-state index in [1.54, 1.807) is 17.4 Å². The van der Waals surface area contributed by atoms with Crippen molar-refractivity contribution in [1.82, 2.24) is 20.1 Å². The Balaban J connectivity index is 1.92. The van der Waals surface area contributed by atoms with Gasteiger partial charge in [-0.15, -0.1) is 28.1 Å². The Morgan fingerprint density at radius 3 is 3.10 bits per heavy atom. The molecule has 1 N–H and O–H groups in total. The van der Waals surface area contributed by atoms with E-state index < -0.39 is 0 Å². The number of thiophene rings is 1. The van der Waals surface area contributed by atoms with E-state index in [1.165, 1.54) is 11.8 Å². The van der Waals surface area contributed by atoms with Gasteiger partial charge in [0, 0.05) is 11.4 Å². The third-order valence-electron chi connectivity index (χ3n) is 2.88. The maximum Gasteiger partial charge on any atom is 0.233 e. The molecule has 2 heterocycles.